The molecule has 0 fully saturated rings. The Labute approximate surface area is 164 Å². The van der Waals surface area contributed by atoms with E-state index in [1.165, 1.54) is 11.1 Å². The molecule has 0 bridgehead atoms. The molecule has 0 atom stereocenters. The first kappa shape index (κ1) is 19.6. The lowest BCUT2D eigenvalue weighted by Gasteiger charge is -2.08. The highest BCUT2D eigenvalue weighted by Gasteiger charge is 2.11. The van der Waals surface area contributed by atoms with Gasteiger partial charge in [0.05, 0.1) is 6.61 Å². The number of ether oxygens (including phenoxy) is 1. The molecule has 0 radical (unpaired) electrons. The fourth-order valence-electron chi connectivity index (χ4n) is 2.89. The zero-order valence-electron chi connectivity index (χ0n) is 16.5. The summed E-state index contributed by atoms with van der Waals surface area (Å²) in [5.74, 6) is 1.72. The number of aromatic nitrogens is 2. The number of rotatable bonds is 8. The summed E-state index contributed by atoms with van der Waals surface area (Å²) in [4.78, 5) is 16.5. The average molecular weight is 379 g/mol. The van der Waals surface area contributed by atoms with Gasteiger partial charge in [-0.25, -0.2) is 0 Å². The second-order valence-corrected chi connectivity index (χ2v) is 6.68. The smallest absolute Gasteiger partial charge is 0.227 e. The molecule has 0 unspecified atom stereocenters. The van der Waals surface area contributed by atoms with Crippen LogP contribution < -0.4 is 10.1 Å². The largest absolute Gasteiger partial charge is 0.494 e. The number of hydrogen-bond donors (Lipinski definition) is 1. The average Bonchev–Trinajstić information content (AvgIpc) is 3.15. The van der Waals surface area contributed by atoms with Crippen LogP contribution >= 0.6 is 0 Å². The van der Waals surface area contributed by atoms with Crippen molar-refractivity contribution in [1.82, 2.24) is 15.5 Å². The number of amides is 1. The normalized spacial score (nSPS) is 10.7. The van der Waals surface area contributed by atoms with Crippen molar-refractivity contribution < 1.29 is 14.1 Å². The molecule has 146 valence electrons. The lowest BCUT2D eigenvalue weighted by Crippen LogP contribution is -2.23. The molecule has 0 saturated heterocycles. The number of hydrogen-bond acceptors (Lipinski definition) is 5. The fourth-order valence-corrected chi connectivity index (χ4v) is 2.89. The lowest BCUT2D eigenvalue weighted by molar-refractivity contribution is -0.121. The van der Waals surface area contributed by atoms with Crippen LogP contribution in [0.5, 0.6) is 5.75 Å². The SMILES string of the molecule is CCOc1ccc(-c2noc(CCC(=O)NCc3ccc(C)cc3C)n2)cc1. The highest BCUT2D eigenvalue weighted by molar-refractivity contribution is 5.76. The quantitative estimate of drug-likeness (QED) is 0.640. The summed E-state index contributed by atoms with van der Waals surface area (Å²) in [6.45, 7) is 7.19. The van der Waals surface area contributed by atoms with Crippen LogP contribution in [0.1, 0.15) is 35.9 Å². The van der Waals surface area contributed by atoms with Crippen molar-refractivity contribution in [2.45, 2.75) is 40.2 Å². The Hall–Kier alpha value is -3.15. The third kappa shape index (κ3) is 5.19. The minimum Gasteiger partial charge on any atom is -0.494 e. The minimum atomic E-state index is -0.0409. The van der Waals surface area contributed by atoms with E-state index in [2.05, 4.69) is 41.4 Å². The van der Waals surface area contributed by atoms with Crippen LogP contribution in [-0.4, -0.2) is 22.7 Å². The first-order chi connectivity index (χ1) is 13.5. The molecule has 0 aliphatic heterocycles. The molecule has 2 aromatic carbocycles. The van der Waals surface area contributed by atoms with E-state index >= 15 is 0 Å². The van der Waals surface area contributed by atoms with Crippen molar-refractivity contribution in [2.24, 2.45) is 0 Å². The van der Waals surface area contributed by atoms with Crippen molar-refractivity contribution >= 4 is 5.91 Å². The van der Waals surface area contributed by atoms with Gasteiger partial charge in [-0.2, -0.15) is 4.98 Å². The Kier molecular flexibility index (Phi) is 6.42. The number of carbonyl (C=O) groups is 1. The first-order valence-electron chi connectivity index (χ1n) is 9.44. The Balaban J connectivity index is 1.50. The molecule has 1 heterocycles. The van der Waals surface area contributed by atoms with Gasteiger partial charge in [-0.15, -0.1) is 0 Å². The van der Waals surface area contributed by atoms with E-state index in [0.717, 1.165) is 16.9 Å². The van der Waals surface area contributed by atoms with Crippen molar-refractivity contribution in [2.75, 3.05) is 6.61 Å². The number of carbonyl (C=O) groups excluding carboxylic acids is 1. The topological polar surface area (TPSA) is 77.2 Å². The summed E-state index contributed by atoms with van der Waals surface area (Å²) in [5, 5.41) is 6.94. The van der Waals surface area contributed by atoms with Crippen molar-refractivity contribution in [3.05, 3.63) is 65.0 Å². The van der Waals surface area contributed by atoms with Crippen LogP contribution in [0, 0.1) is 13.8 Å². The number of nitrogens with zero attached hydrogens (tertiary/aromatic N) is 2. The second-order valence-electron chi connectivity index (χ2n) is 6.68. The minimum absolute atomic E-state index is 0.0409. The van der Waals surface area contributed by atoms with E-state index in [1.54, 1.807) is 0 Å². The molecule has 1 amide bonds. The molecule has 0 spiro atoms. The highest BCUT2D eigenvalue weighted by Crippen LogP contribution is 2.20. The van der Waals surface area contributed by atoms with Crippen LogP contribution in [0.2, 0.25) is 0 Å². The molecule has 6 heteroatoms. The predicted molar refractivity (Wildman–Crippen MR) is 107 cm³/mol. The zero-order valence-corrected chi connectivity index (χ0v) is 16.5. The molecule has 1 aromatic heterocycles. The molecular weight excluding hydrogens is 354 g/mol. The van der Waals surface area contributed by atoms with Gasteiger partial charge in [0, 0.05) is 24.9 Å². The molecule has 3 rings (SSSR count). The Morgan fingerprint density at radius 3 is 2.64 bits per heavy atom. The third-order valence-electron chi connectivity index (χ3n) is 4.43. The summed E-state index contributed by atoms with van der Waals surface area (Å²) < 4.78 is 10.7. The van der Waals surface area contributed by atoms with E-state index in [-0.39, 0.29) is 5.91 Å². The third-order valence-corrected chi connectivity index (χ3v) is 4.43. The number of nitrogens with one attached hydrogen (secondary N) is 1. The van der Waals surface area contributed by atoms with Gasteiger partial charge in [0.25, 0.3) is 0 Å². The number of benzene rings is 2. The van der Waals surface area contributed by atoms with Gasteiger partial charge in [-0.3, -0.25) is 4.79 Å². The number of aryl methyl sites for hydroxylation is 3. The van der Waals surface area contributed by atoms with Crippen LogP contribution in [0.15, 0.2) is 47.0 Å². The molecule has 1 N–H and O–H groups in total. The van der Waals surface area contributed by atoms with Crippen LogP contribution in [0.3, 0.4) is 0 Å². The van der Waals surface area contributed by atoms with Crippen LogP contribution in [0.4, 0.5) is 0 Å². The van der Waals surface area contributed by atoms with Gasteiger partial charge in [0.1, 0.15) is 5.75 Å². The zero-order chi connectivity index (χ0) is 19.9. The van der Waals surface area contributed by atoms with E-state index < -0.39 is 0 Å². The van der Waals surface area contributed by atoms with E-state index in [0.29, 0.717) is 37.7 Å². The van der Waals surface area contributed by atoms with Gasteiger partial charge in [-0.05, 0) is 56.2 Å². The molecule has 3 aromatic rings. The molecular formula is C22H25N3O3. The Bertz CT molecular complexity index is 932. The van der Waals surface area contributed by atoms with E-state index in [4.69, 9.17) is 9.26 Å². The molecule has 0 aliphatic rings. The maximum Gasteiger partial charge on any atom is 0.227 e. The van der Waals surface area contributed by atoms with Gasteiger partial charge >= 0.3 is 0 Å². The summed E-state index contributed by atoms with van der Waals surface area (Å²) in [5.41, 5.74) is 4.36. The van der Waals surface area contributed by atoms with Crippen LogP contribution in [-0.2, 0) is 17.8 Å². The Morgan fingerprint density at radius 1 is 1.14 bits per heavy atom. The van der Waals surface area contributed by atoms with Crippen LogP contribution in [0.25, 0.3) is 11.4 Å². The molecule has 28 heavy (non-hydrogen) atoms. The fraction of sp³-hybridized carbons (Fsp3) is 0.318. The highest BCUT2D eigenvalue weighted by atomic mass is 16.5. The van der Waals surface area contributed by atoms with Crippen molar-refractivity contribution in [3.63, 3.8) is 0 Å². The summed E-state index contributed by atoms with van der Waals surface area (Å²) in [6.07, 6.45) is 0.707. The van der Waals surface area contributed by atoms with Crippen molar-refractivity contribution in [1.29, 1.82) is 0 Å². The van der Waals surface area contributed by atoms with Gasteiger partial charge < -0.3 is 14.6 Å². The van der Waals surface area contributed by atoms with Crippen molar-refractivity contribution in [3.8, 4) is 17.1 Å². The maximum absolute atomic E-state index is 12.1. The monoisotopic (exact) mass is 379 g/mol. The first-order valence-corrected chi connectivity index (χ1v) is 9.44. The summed E-state index contributed by atoms with van der Waals surface area (Å²) in [6, 6.07) is 13.7. The van der Waals surface area contributed by atoms with Gasteiger partial charge in [0.2, 0.25) is 17.6 Å². The van der Waals surface area contributed by atoms with E-state index in [1.807, 2.05) is 37.3 Å². The summed E-state index contributed by atoms with van der Waals surface area (Å²) >= 11 is 0. The molecule has 6 nitrogen and oxygen atoms in total. The Morgan fingerprint density at radius 2 is 1.93 bits per heavy atom. The van der Waals surface area contributed by atoms with Gasteiger partial charge in [0.15, 0.2) is 0 Å². The standard InChI is InChI=1S/C22H25N3O3/c1-4-27-19-9-7-17(8-10-19)22-24-21(28-25-22)12-11-20(26)23-14-18-6-5-15(2)13-16(18)3/h5-10,13H,4,11-12,14H2,1-3H3,(H,23,26). The van der Waals surface area contributed by atoms with Gasteiger partial charge in [-0.1, -0.05) is 28.9 Å². The predicted octanol–water partition coefficient (Wildman–Crippen LogP) is 4.00. The summed E-state index contributed by atoms with van der Waals surface area (Å²) in [7, 11) is 0. The molecule has 0 aliphatic carbocycles. The van der Waals surface area contributed by atoms with E-state index in [9.17, 15) is 4.79 Å². The lowest BCUT2D eigenvalue weighted by atomic mass is 10.1. The maximum atomic E-state index is 12.1. The molecule has 0 saturated carbocycles. The second kappa shape index (κ2) is 9.17.